The van der Waals surface area contributed by atoms with Crippen LogP contribution in [0.5, 0.6) is 0 Å². The fraction of sp³-hybridized carbons (Fsp3) is 0.200. The second-order valence-corrected chi connectivity index (χ2v) is 8.36. The Bertz CT molecular complexity index is 715. The molecule has 0 radical (unpaired) electrons. The van der Waals surface area contributed by atoms with Crippen LogP contribution in [0.4, 0.5) is 0 Å². The van der Waals surface area contributed by atoms with Crippen LogP contribution in [0.15, 0.2) is 62.4 Å². The summed E-state index contributed by atoms with van der Waals surface area (Å²) in [6, 6.07) is 14.4. The minimum absolute atomic E-state index is 0.185. The first-order valence-electron chi connectivity index (χ1n) is 6.39. The number of rotatable bonds is 5. The second-order valence-electron chi connectivity index (χ2n) is 4.81. The van der Waals surface area contributed by atoms with E-state index in [1.807, 2.05) is 31.2 Å². The van der Waals surface area contributed by atoms with Gasteiger partial charge in [0.05, 0.1) is 4.90 Å². The van der Waals surface area contributed by atoms with Crippen molar-refractivity contribution in [2.45, 2.75) is 24.3 Å². The summed E-state index contributed by atoms with van der Waals surface area (Å²) < 4.78 is 29.1. The van der Waals surface area contributed by atoms with E-state index >= 15 is 0 Å². The molecular weight excluding hydrogens is 418 g/mol. The fourth-order valence-corrected chi connectivity index (χ4v) is 4.09. The standard InChI is InChI=1S/C15H15Br2NO2S/c1-11(9-12-5-7-13(16)8-6-12)18-21(19,20)15-4-2-3-14(17)10-15/h2-8,10-11,18H,9H2,1H3. The van der Waals surface area contributed by atoms with E-state index in [-0.39, 0.29) is 10.9 Å². The Kier molecular flexibility index (Phi) is 5.60. The molecule has 0 saturated carbocycles. The Balaban J connectivity index is 2.07. The highest BCUT2D eigenvalue weighted by atomic mass is 79.9. The van der Waals surface area contributed by atoms with E-state index in [2.05, 4.69) is 36.6 Å². The fourth-order valence-electron chi connectivity index (χ4n) is 1.98. The summed E-state index contributed by atoms with van der Waals surface area (Å²) in [7, 11) is -3.50. The first kappa shape index (κ1) is 16.7. The van der Waals surface area contributed by atoms with Crippen LogP contribution in [0, 0.1) is 0 Å². The average Bonchev–Trinajstić information content (AvgIpc) is 2.41. The minimum atomic E-state index is -3.50. The molecular formula is C15H15Br2NO2S. The van der Waals surface area contributed by atoms with Gasteiger partial charge in [-0.2, -0.15) is 0 Å². The van der Waals surface area contributed by atoms with Crippen LogP contribution in [0.1, 0.15) is 12.5 Å². The van der Waals surface area contributed by atoms with Crippen LogP contribution in [0.25, 0.3) is 0 Å². The summed E-state index contributed by atoms with van der Waals surface area (Å²) in [6.45, 7) is 1.86. The lowest BCUT2D eigenvalue weighted by molar-refractivity contribution is 0.559. The molecule has 0 aliphatic rings. The number of hydrogen-bond acceptors (Lipinski definition) is 2. The molecule has 2 rings (SSSR count). The molecule has 3 nitrogen and oxygen atoms in total. The molecule has 0 fully saturated rings. The molecule has 0 aliphatic heterocycles. The van der Waals surface area contributed by atoms with Crippen LogP contribution >= 0.6 is 31.9 Å². The maximum absolute atomic E-state index is 12.3. The summed E-state index contributed by atoms with van der Waals surface area (Å²) in [5.41, 5.74) is 1.09. The van der Waals surface area contributed by atoms with Gasteiger partial charge in [0.25, 0.3) is 0 Å². The van der Waals surface area contributed by atoms with Gasteiger partial charge in [-0.25, -0.2) is 13.1 Å². The molecule has 2 aromatic rings. The van der Waals surface area contributed by atoms with Crippen molar-refractivity contribution in [3.8, 4) is 0 Å². The predicted octanol–water partition coefficient (Wildman–Crippen LogP) is 4.12. The number of hydrogen-bond donors (Lipinski definition) is 1. The van der Waals surface area contributed by atoms with Crippen LogP contribution in [0.2, 0.25) is 0 Å². The van der Waals surface area contributed by atoms with Gasteiger partial charge in [-0.3, -0.25) is 0 Å². The van der Waals surface area contributed by atoms with Crippen LogP contribution in [-0.4, -0.2) is 14.5 Å². The maximum atomic E-state index is 12.3. The van der Waals surface area contributed by atoms with Crippen molar-refractivity contribution in [1.29, 1.82) is 0 Å². The smallest absolute Gasteiger partial charge is 0.208 e. The lowest BCUT2D eigenvalue weighted by Crippen LogP contribution is -2.34. The summed E-state index contributed by atoms with van der Waals surface area (Å²) in [4.78, 5) is 0.263. The van der Waals surface area contributed by atoms with E-state index in [4.69, 9.17) is 0 Å². The normalized spacial score (nSPS) is 13.1. The van der Waals surface area contributed by atoms with Gasteiger partial charge in [-0.1, -0.05) is 50.1 Å². The van der Waals surface area contributed by atoms with Crippen molar-refractivity contribution in [1.82, 2.24) is 4.72 Å². The lowest BCUT2D eigenvalue weighted by Gasteiger charge is -2.14. The highest BCUT2D eigenvalue weighted by Gasteiger charge is 2.17. The molecule has 2 aromatic carbocycles. The molecule has 1 atom stereocenters. The topological polar surface area (TPSA) is 46.2 Å². The second kappa shape index (κ2) is 7.05. The van der Waals surface area contributed by atoms with Crippen LogP contribution < -0.4 is 4.72 Å². The van der Waals surface area contributed by atoms with Gasteiger partial charge in [0, 0.05) is 15.0 Å². The van der Waals surface area contributed by atoms with Crippen LogP contribution in [-0.2, 0) is 16.4 Å². The van der Waals surface area contributed by atoms with Crippen molar-refractivity contribution in [3.05, 3.63) is 63.0 Å². The molecule has 0 saturated heterocycles. The number of nitrogens with one attached hydrogen (secondary N) is 1. The summed E-state index contributed by atoms with van der Waals surface area (Å²) >= 11 is 6.67. The predicted molar refractivity (Wildman–Crippen MR) is 91.8 cm³/mol. The summed E-state index contributed by atoms with van der Waals surface area (Å²) in [6.07, 6.45) is 0.639. The van der Waals surface area contributed by atoms with Gasteiger partial charge in [0.2, 0.25) is 10.0 Å². The minimum Gasteiger partial charge on any atom is -0.208 e. The lowest BCUT2D eigenvalue weighted by atomic mass is 10.1. The molecule has 0 bridgehead atoms. The zero-order valence-electron chi connectivity index (χ0n) is 11.4. The highest BCUT2D eigenvalue weighted by molar-refractivity contribution is 9.10. The molecule has 0 aromatic heterocycles. The van der Waals surface area contributed by atoms with Gasteiger partial charge in [-0.15, -0.1) is 0 Å². The number of benzene rings is 2. The van der Waals surface area contributed by atoms with E-state index in [1.165, 1.54) is 0 Å². The number of sulfonamides is 1. The van der Waals surface area contributed by atoms with Crippen molar-refractivity contribution in [2.24, 2.45) is 0 Å². The quantitative estimate of drug-likeness (QED) is 0.772. The van der Waals surface area contributed by atoms with Gasteiger partial charge in [0.1, 0.15) is 0 Å². The first-order valence-corrected chi connectivity index (χ1v) is 9.46. The Morgan fingerprint density at radius 2 is 1.71 bits per heavy atom. The summed E-state index contributed by atoms with van der Waals surface area (Å²) in [5.74, 6) is 0. The average molecular weight is 433 g/mol. The Labute approximate surface area is 142 Å². The third-order valence-electron chi connectivity index (χ3n) is 2.92. The van der Waals surface area contributed by atoms with Crippen LogP contribution in [0.3, 0.4) is 0 Å². The number of halogens is 2. The zero-order chi connectivity index (χ0) is 15.5. The Morgan fingerprint density at radius 3 is 2.33 bits per heavy atom. The van der Waals surface area contributed by atoms with E-state index in [1.54, 1.807) is 24.3 Å². The van der Waals surface area contributed by atoms with Crippen molar-refractivity contribution in [3.63, 3.8) is 0 Å². The largest absolute Gasteiger partial charge is 0.240 e. The molecule has 6 heteroatoms. The van der Waals surface area contributed by atoms with E-state index in [0.29, 0.717) is 6.42 Å². The molecule has 112 valence electrons. The van der Waals surface area contributed by atoms with Gasteiger partial charge < -0.3 is 0 Å². The van der Waals surface area contributed by atoms with Gasteiger partial charge in [-0.05, 0) is 49.2 Å². The molecule has 0 amide bonds. The van der Waals surface area contributed by atoms with Gasteiger partial charge >= 0.3 is 0 Å². The molecule has 1 unspecified atom stereocenters. The van der Waals surface area contributed by atoms with Crippen molar-refractivity contribution in [2.75, 3.05) is 0 Å². The first-order chi connectivity index (χ1) is 9.87. The Hall–Kier alpha value is -0.690. The SMILES string of the molecule is CC(Cc1ccc(Br)cc1)NS(=O)(=O)c1cccc(Br)c1. The van der Waals surface area contributed by atoms with Crippen molar-refractivity contribution < 1.29 is 8.42 Å². The zero-order valence-corrected chi connectivity index (χ0v) is 15.4. The molecule has 0 spiro atoms. The van der Waals surface area contributed by atoms with E-state index < -0.39 is 10.0 Å². The third kappa shape index (κ3) is 4.92. The maximum Gasteiger partial charge on any atom is 0.240 e. The molecule has 1 N–H and O–H groups in total. The Morgan fingerprint density at radius 1 is 1.05 bits per heavy atom. The van der Waals surface area contributed by atoms with Gasteiger partial charge in [0.15, 0.2) is 0 Å². The monoisotopic (exact) mass is 431 g/mol. The van der Waals surface area contributed by atoms with E-state index in [9.17, 15) is 8.42 Å². The molecule has 0 aliphatic carbocycles. The third-order valence-corrected chi connectivity index (χ3v) is 5.53. The highest BCUT2D eigenvalue weighted by Crippen LogP contribution is 2.17. The van der Waals surface area contributed by atoms with Crippen molar-refractivity contribution >= 4 is 41.9 Å². The molecule has 0 heterocycles. The summed E-state index contributed by atoms with van der Waals surface area (Å²) in [5, 5.41) is 0. The van der Waals surface area contributed by atoms with E-state index in [0.717, 1.165) is 14.5 Å². The molecule has 21 heavy (non-hydrogen) atoms.